The number of benzene rings is 2. The normalized spacial score (nSPS) is 11.0. The molecule has 0 saturated carbocycles. The van der Waals surface area contributed by atoms with Crippen LogP contribution in [0.4, 0.5) is 0 Å². The van der Waals surface area contributed by atoms with Crippen LogP contribution in [-0.2, 0) is 24.2 Å². The molecule has 0 fully saturated rings. The van der Waals surface area contributed by atoms with Crippen molar-refractivity contribution < 1.29 is 4.79 Å². The number of fused-ring (bicyclic) bond motifs is 1. The summed E-state index contributed by atoms with van der Waals surface area (Å²) in [5, 5.41) is 4.15. The number of hydrogen-bond acceptors (Lipinski definition) is 3. The van der Waals surface area contributed by atoms with Gasteiger partial charge in [-0.15, -0.1) is 0 Å². The lowest BCUT2D eigenvalue weighted by Crippen LogP contribution is -2.28. The van der Waals surface area contributed by atoms with Crippen LogP contribution in [0.3, 0.4) is 0 Å². The highest BCUT2D eigenvalue weighted by atomic mass is 16.1. The molecular formula is C25H26N4O. The molecule has 0 atom stereocenters. The summed E-state index contributed by atoms with van der Waals surface area (Å²) in [6.45, 7) is 5.39. The molecule has 5 nitrogen and oxygen atoms in total. The van der Waals surface area contributed by atoms with Gasteiger partial charge in [0, 0.05) is 43.0 Å². The van der Waals surface area contributed by atoms with E-state index in [0.717, 1.165) is 40.1 Å². The predicted octanol–water partition coefficient (Wildman–Crippen LogP) is 4.00. The SMILES string of the molecule is Cc1nc2ccccc2c(C)c1CC(=O)NCCc1nccn1Cc1ccccc1. The Morgan fingerprint density at radius 1 is 1.03 bits per heavy atom. The first kappa shape index (κ1) is 19.8. The molecule has 0 spiro atoms. The van der Waals surface area contributed by atoms with Crippen LogP contribution < -0.4 is 5.32 Å². The fourth-order valence-corrected chi connectivity index (χ4v) is 3.86. The van der Waals surface area contributed by atoms with E-state index in [1.807, 2.05) is 55.7 Å². The maximum atomic E-state index is 12.6. The highest BCUT2D eigenvalue weighted by Crippen LogP contribution is 2.22. The van der Waals surface area contributed by atoms with Gasteiger partial charge in [0.2, 0.25) is 5.91 Å². The van der Waals surface area contributed by atoms with Crippen LogP contribution in [0.25, 0.3) is 10.9 Å². The van der Waals surface area contributed by atoms with Crippen molar-refractivity contribution in [3.8, 4) is 0 Å². The lowest BCUT2D eigenvalue weighted by atomic mass is 9.99. The fraction of sp³-hybridized carbons (Fsp3) is 0.240. The predicted molar refractivity (Wildman–Crippen MR) is 119 cm³/mol. The Bertz CT molecular complexity index is 1160. The average Bonchev–Trinajstić information content (AvgIpc) is 3.19. The van der Waals surface area contributed by atoms with Crippen LogP contribution in [0.5, 0.6) is 0 Å². The number of carbonyl (C=O) groups is 1. The van der Waals surface area contributed by atoms with Crippen molar-refractivity contribution >= 4 is 16.8 Å². The van der Waals surface area contributed by atoms with Crippen LogP contribution in [0.2, 0.25) is 0 Å². The molecule has 0 radical (unpaired) electrons. The van der Waals surface area contributed by atoms with Gasteiger partial charge in [-0.3, -0.25) is 9.78 Å². The maximum absolute atomic E-state index is 12.6. The molecule has 0 unspecified atom stereocenters. The molecule has 152 valence electrons. The van der Waals surface area contributed by atoms with E-state index in [1.54, 1.807) is 0 Å². The zero-order valence-corrected chi connectivity index (χ0v) is 17.4. The van der Waals surface area contributed by atoms with E-state index in [-0.39, 0.29) is 5.91 Å². The Labute approximate surface area is 176 Å². The van der Waals surface area contributed by atoms with Crippen LogP contribution >= 0.6 is 0 Å². The molecule has 0 aliphatic carbocycles. The molecule has 4 rings (SSSR count). The quantitative estimate of drug-likeness (QED) is 0.512. The molecule has 2 heterocycles. The van der Waals surface area contributed by atoms with Gasteiger partial charge in [0.15, 0.2) is 0 Å². The monoisotopic (exact) mass is 398 g/mol. The van der Waals surface area contributed by atoms with Gasteiger partial charge in [0.25, 0.3) is 0 Å². The van der Waals surface area contributed by atoms with Crippen molar-refractivity contribution in [1.82, 2.24) is 19.9 Å². The minimum Gasteiger partial charge on any atom is -0.355 e. The number of rotatable bonds is 7. The minimum atomic E-state index is 0.0134. The van der Waals surface area contributed by atoms with Gasteiger partial charge in [0.05, 0.1) is 11.9 Å². The van der Waals surface area contributed by atoms with Gasteiger partial charge < -0.3 is 9.88 Å². The van der Waals surface area contributed by atoms with Crippen LogP contribution in [0.15, 0.2) is 67.0 Å². The number of nitrogens with one attached hydrogen (secondary N) is 1. The topological polar surface area (TPSA) is 59.8 Å². The number of aryl methyl sites for hydroxylation is 2. The number of carbonyl (C=O) groups excluding carboxylic acids is 1. The van der Waals surface area contributed by atoms with Crippen molar-refractivity contribution in [2.24, 2.45) is 0 Å². The molecule has 30 heavy (non-hydrogen) atoms. The van der Waals surface area contributed by atoms with E-state index in [0.29, 0.717) is 19.4 Å². The summed E-state index contributed by atoms with van der Waals surface area (Å²) in [5.74, 6) is 0.985. The Hall–Kier alpha value is -3.47. The summed E-state index contributed by atoms with van der Waals surface area (Å²) < 4.78 is 2.13. The number of aromatic nitrogens is 3. The summed E-state index contributed by atoms with van der Waals surface area (Å²) in [6, 6.07) is 18.4. The van der Waals surface area contributed by atoms with Gasteiger partial charge in [-0.25, -0.2) is 4.98 Å². The van der Waals surface area contributed by atoms with Gasteiger partial charge >= 0.3 is 0 Å². The average molecular weight is 399 g/mol. The van der Waals surface area contributed by atoms with E-state index >= 15 is 0 Å². The number of amides is 1. The molecule has 0 saturated heterocycles. The second-order valence-corrected chi connectivity index (χ2v) is 7.55. The summed E-state index contributed by atoms with van der Waals surface area (Å²) in [7, 11) is 0. The Kier molecular flexibility index (Phi) is 5.89. The molecule has 4 aromatic rings. The molecular weight excluding hydrogens is 372 g/mol. The number of nitrogens with zero attached hydrogens (tertiary/aromatic N) is 3. The second-order valence-electron chi connectivity index (χ2n) is 7.55. The number of pyridine rings is 1. The second kappa shape index (κ2) is 8.91. The van der Waals surface area contributed by atoms with E-state index in [4.69, 9.17) is 0 Å². The largest absolute Gasteiger partial charge is 0.355 e. The van der Waals surface area contributed by atoms with Gasteiger partial charge in [0.1, 0.15) is 5.82 Å². The van der Waals surface area contributed by atoms with E-state index in [1.165, 1.54) is 5.56 Å². The fourth-order valence-electron chi connectivity index (χ4n) is 3.86. The number of imidazole rings is 1. The Balaban J connectivity index is 1.37. The lowest BCUT2D eigenvalue weighted by Gasteiger charge is -2.13. The van der Waals surface area contributed by atoms with Gasteiger partial charge in [-0.2, -0.15) is 0 Å². The van der Waals surface area contributed by atoms with Crippen LogP contribution in [-0.4, -0.2) is 27.0 Å². The molecule has 0 aliphatic rings. The molecule has 0 aliphatic heterocycles. The van der Waals surface area contributed by atoms with Crippen molar-refractivity contribution in [1.29, 1.82) is 0 Å². The van der Waals surface area contributed by atoms with Gasteiger partial charge in [-0.05, 0) is 36.6 Å². The first-order chi connectivity index (χ1) is 14.6. The van der Waals surface area contributed by atoms with Crippen molar-refractivity contribution in [3.63, 3.8) is 0 Å². The highest BCUT2D eigenvalue weighted by Gasteiger charge is 2.13. The van der Waals surface area contributed by atoms with E-state index < -0.39 is 0 Å². The maximum Gasteiger partial charge on any atom is 0.224 e. The summed E-state index contributed by atoms with van der Waals surface area (Å²) in [5.41, 5.74) is 5.26. The molecule has 0 bridgehead atoms. The standard InChI is InChI=1S/C25H26N4O/c1-18-21-10-6-7-11-23(21)28-19(2)22(18)16-25(30)27-13-12-24-26-14-15-29(24)17-20-8-4-3-5-9-20/h3-11,14-15H,12-13,16-17H2,1-2H3,(H,27,30). The van der Waals surface area contributed by atoms with Crippen molar-refractivity contribution in [2.45, 2.75) is 33.2 Å². The molecule has 2 aromatic heterocycles. The van der Waals surface area contributed by atoms with Gasteiger partial charge in [-0.1, -0.05) is 48.5 Å². The number of para-hydroxylation sites is 1. The summed E-state index contributed by atoms with van der Waals surface area (Å²) in [6.07, 6.45) is 4.83. The molecule has 2 aromatic carbocycles. The smallest absolute Gasteiger partial charge is 0.224 e. The van der Waals surface area contributed by atoms with E-state index in [2.05, 4.69) is 45.0 Å². The zero-order chi connectivity index (χ0) is 20.9. The zero-order valence-electron chi connectivity index (χ0n) is 17.4. The van der Waals surface area contributed by atoms with Crippen LogP contribution in [0, 0.1) is 13.8 Å². The van der Waals surface area contributed by atoms with Crippen molar-refractivity contribution in [3.05, 3.63) is 95.2 Å². The first-order valence-electron chi connectivity index (χ1n) is 10.3. The summed E-state index contributed by atoms with van der Waals surface area (Å²) in [4.78, 5) is 21.7. The minimum absolute atomic E-state index is 0.0134. The molecule has 1 N–H and O–H groups in total. The Morgan fingerprint density at radius 3 is 2.63 bits per heavy atom. The third-order valence-electron chi connectivity index (χ3n) is 5.49. The molecule has 1 amide bonds. The third kappa shape index (κ3) is 4.40. The molecule has 5 heteroatoms. The summed E-state index contributed by atoms with van der Waals surface area (Å²) >= 11 is 0. The van der Waals surface area contributed by atoms with E-state index in [9.17, 15) is 4.79 Å². The van der Waals surface area contributed by atoms with Crippen molar-refractivity contribution in [2.75, 3.05) is 6.54 Å². The third-order valence-corrected chi connectivity index (χ3v) is 5.49. The van der Waals surface area contributed by atoms with Crippen LogP contribution in [0.1, 0.15) is 28.2 Å². The first-order valence-corrected chi connectivity index (χ1v) is 10.3. The highest BCUT2D eigenvalue weighted by molar-refractivity contribution is 5.86. The Morgan fingerprint density at radius 2 is 1.80 bits per heavy atom. The number of hydrogen-bond donors (Lipinski definition) is 1. The lowest BCUT2D eigenvalue weighted by molar-refractivity contribution is -0.120.